The first-order chi connectivity index (χ1) is 10.3. The van der Waals surface area contributed by atoms with Crippen molar-refractivity contribution in [1.82, 2.24) is 15.4 Å². The lowest BCUT2D eigenvalue weighted by atomic mass is 10.1. The smallest absolute Gasteiger partial charge is 0.208 e. The third kappa shape index (κ3) is 9.72. The quantitative estimate of drug-likeness (QED) is 0.250. The second kappa shape index (κ2) is 10.8. The van der Waals surface area contributed by atoms with E-state index in [1.54, 1.807) is 20.0 Å². The molecule has 0 unspecified atom stereocenters. The molecular weight excluding hydrogens is 434 g/mol. The van der Waals surface area contributed by atoms with E-state index in [1.807, 2.05) is 6.07 Å². The molecule has 0 spiro atoms. The predicted octanol–water partition coefficient (Wildman–Crippen LogP) is 1.36. The molecule has 0 fully saturated rings. The van der Waals surface area contributed by atoms with E-state index in [1.165, 1.54) is 6.07 Å². The average molecular weight is 458 g/mol. The lowest BCUT2D eigenvalue weighted by Gasteiger charge is -2.12. The summed E-state index contributed by atoms with van der Waals surface area (Å²) in [6.07, 6.45) is 1.76. The number of aryl methyl sites for hydroxylation is 1. The molecule has 0 bridgehead atoms. The SMILES string of the molecule is CN=C(NCCCNS(C)(=O)=O)NCc1ccc(C)c(F)c1.I. The topological polar surface area (TPSA) is 82.6 Å². The molecule has 9 heteroatoms. The summed E-state index contributed by atoms with van der Waals surface area (Å²) in [6, 6.07) is 5.08. The number of aliphatic imine (C=N–C) groups is 1. The lowest BCUT2D eigenvalue weighted by Crippen LogP contribution is -2.38. The van der Waals surface area contributed by atoms with Crippen molar-refractivity contribution in [2.75, 3.05) is 26.4 Å². The Hall–Kier alpha value is -0.940. The number of sulfonamides is 1. The highest BCUT2D eigenvalue weighted by molar-refractivity contribution is 14.0. The maximum atomic E-state index is 13.4. The molecule has 0 heterocycles. The van der Waals surface area contributed by atoms with Gasteiger partial charge in [-0.15, -0.1) is 24.0 Å². The standard InChI is InChI=1S/C14H23FN4O2S.HI/c1-11-5-6-12(9-13(11)15)10-18-14(16-2)17-7-4-8-19-22(3,20)21;/h5-6,9,19H,4,7-8,10H2,1-3H3,(H2,16,17,18);1H. The van der Waals surface area contributed by atoms with E-state index in [-0.39, 0.29) is 29.8 Å². The number of benzene rings is 1. The summed E-state index contributed by atoms with van der Waals surface area (Å²) < 4.78 is 37.6. The number of nitrogens with one attached hydrogen (secondary N) is 3. The number of nitrogens with zero attached hydrogens (tertiary/aromatic N) is 1. The first-order valence-electron chi connectivity index (χ1n) is 6.96. The Morgan fingerprint density at radius 1 is 1.26 bits per heavy atom. The van der Waals surface area contributed by atoms with Gasteiger partial charge in [-0.2, -0.15) is 0 Å². The molecule has 23 heavy (non-hydrogen) atoms. The van der Waals surface area contributed by atoms with Gasteiger partial charge in [-0.1, -0.05) is 12.1 Å². The summed E-state index contributed by atoms with van der Waals surface area (Å²) in [5.74, 6) is 0.356. The van der Waals surface area contributed by atoms with Gasteiger partial charge in [0.15, 0.2) is 5.96 Å². The van der Waals surface area contributed by atoms with Gasteiger partial charge in [0.2, 0.25) is 10.0 Å². The van der Waals surface area contributed by atoms with E-state index in [9.17, 15) is 12.8 Å². The van der Waals surface area contributed by atoms with Crippen LogP contribution in [0.3, 0.4) is 0 Å². The van der Waals surface area contributed by atoms with Gasteiger partial charge in [-0.25, -0.2) is 17.5 Å². The van der Waals surface area contributed by atoms with Gasteiger partial charge in [0.25, 0.3) is 0 Å². The fourth-order valence-corrected chi connectivity index (χ4v) is 2.22. The third-order valence-electron chi connectivity index (χ3n) is 2.93. The van der Waals surface area contributed by atoms with Crippen molar-refractivity contribution in [1.29, 1.82) is 0 Å². The number of rotatable bonds is 7. The van der Waals surface area contributed by atoms with E-state index in [2.05, 4.69) is 20.3 Å². The van der Waals surface area contributed by atoms with E-state index >= 15 is 0 Å². The van der Waals surface area contributed by atoms with Crippen LogP contribution >= 0.6 is 24.0 Å². The highest BCUT2D eigenvalue weighted by atomic mass is 127. The first kappa shape index (κ1) is 22.1. The maximum Gasteiger partial charge on any atom is 0.208 e. The van der Waals surface area contributed by atoms with Crippen molar-refractivity contribution < 1.29 is 12.8 Å². The molecule has 0 aromatic heterocycles. The van der Waals surface area contributed by atoms with Crippen LogP contribution in [0.4, 0.5) is 4.39 Å². The van der Waals surface area contributed by atoms with Crippen LogP contribution in [0.5, 0.6) is 0 Å². The number of halogens is 2. The van der Waals surface area contributed by atoms with Crippen LogP contribution in [0.25, 0.3) is 0 Å². The highest BCUT2D eigenvalue weighted by Gasteiger charge is 2.02. The Bertz CT molecular complexity index is 623. The number of hydrogen-bond acceptors (Lipinski definition) is 3. The minimum atomic E-state index is -3.14. The van der Waals surface area contributed by atoms with Gasteiger partial charge >= 0.3 is 0 Å². The van der Waals surface area contributed by atoms with Gasteiger partial charge in [-0.05, 0) is 30.5 Å². The Morgan fingerprint density at radius 2 is 1.96 bits per heavy atom. The lowest BCUT2D eigenvalue weighted by molar-refractivity contribution is 0.584. The van der Waals surface area contributed by atoms with Crippen molar-refractivity contribution in [2.24, 2.45) is 4.99 Å². The van der Waals surface area contributed by atoms with Crippen molar-refractivity contribution in [2.45, 2.75) is 19.9 Å². The van der Waals surface area contributed by atoms with Gasteiger partial charge < -0.3 is 10.6 Å². The first-order valence-corrected chi connectivity index (χ1v) is 8.85. The predicted molar refractivity (Wildman–Crippen MR) is 102 cm³/mol. The molecule has 3 N–H and O–H groups in total. The summed E-state index contributed by atoms with van der Waals surface area (Å²) in [7, 11) is -1.50. The molecule has 0 aliphatic carbocycles. The number of hydrogen-bond donors (Lipinski definition) is 3. The van der Waals surface area contributed by atoms with Crippen LogP contribution in [0.15, 0.2) is 23.2 Å². The molecule has 132 valence electrons. The molecule has 1 rings (SSSR count). The van der Waals surface area contributed by atoms with Gasteiger partial charge in [0.1, 0.15) is 5.82 Å². The Morgan fingerprint density at radius 3 is 2.52 bits per heavy atom. The van der Waals surface area contributed by atoms with Crippen molar-refractivity contribution in [3.63, 3.8) is 0 Å². The molecule has 0 radical (unpaired) electrons. The maximum absolute atomic E-state index is 13.4. The fourth-order valence-electron chi connectivity index (χ4n) is 1.71. The van der Waals surface area contributed by atoms with E-state index in [4.69, 9.17) is 0 Å². The number of guanidine groups is 1. The van der Waals surface area contributed by atoms with Gasteiger partial charge in [-0.3, -0.25) is 4.99 Å². The summed E-state index contributed by atoms with van der Waals surface area (Å²) >= 11 is 0. The zero-order valence-electron chi connectivity index (χ0n) is 13.5. The molecule has 0 amide bonds. The van der Waals surface area contributed by atoms with Gasteiger partial charge in [0, 0.05) is 26.7 Å². The summed E-state index contributed by atoms with van der Waals surface area (Å²) in [4.78, 5) is 4.05. The summed E-state index contributed by atoms with van der Waals surface area (Å²) in [5, 5.41) is 6.14. The van der Waals surface area contributed by atoms with Crippen LogP contribution in [-0.2, 0) is 16.6 Å². The summed E-state index contributed by atoms with van der Waals surface area (Å²) in [6.45, 7) is 3.12. The average Bonchev–Trinajstić information content (AvgIpc) is 2.44. The highest BCUT2D eigenvalue weighted by Crippen LogP contribution is 2.08. The molecule has 6 nitrogen and oxygen atoms in total. The second-order valence-corrected chi connectivity index (χ2v) is 6.79. The minimum Gasteiger partial charge on any atom is -0.356 e. The summed E-state index contributed by atoms with van der Waals surface area (Å²) in [5.41, 5.74) is 1.44. The Balaban J connectivity index is 0.00000484. The zero-order chi connectivity index (χ0) is 16.6. The third-order valence-corrected chi connectivity index (χ3v) is 3.66. The Kier molecular flexibility index (Phi) is 10.3. The normalized spacial score (nSPS) is 11.7. The molecule has 0 aliphatic heterocycles. The fraction of sp³-hybridized carbons (Fsp3) is 0.500. The van der Waals surface area contributed by atoms with Crippen LogP contribution in [-0.4, -0.2) is 40.8 Å². The zero-order valence-corrected chi connectivity index (χ0v) is 16.7. The molecule has 1 aromatic carbocycles. The van der Waals surface area contributed by atoms with E-state index in [0.29, 0.717) is 37.6 Å². The molecule has 0 atom stereocenters. The van der Waals surface area contributed by atoms with Crippen molar-refractivity contribution in [3.8, 4) is 0 Å². The molecular formula is C14H24FIN4O2S. The largest absolute Gasteiger partial charge is 0.356 e. The van der Waals surface area contributed by atoms with Crippen LogP contribution < -0.4 is 15.4 Å². The Labute approximate surface area is 154 Å². The molecule has 0 aliphatic rings. The molecule has 0 saturated carbocycles. The molecule has 0 saturated heterocycles. The van der Waals surface area contributed by atoms with Gasteiger partial charge in [0.05, 0.1) is 6.26 Å². The molecule has 1 aromatic rings. The second-order valence-electron chi connectivity index (χ2n) is 4.96. The van der Waals surface area contributed by atoms with E-state index < -0.39 is 10.0 Å². The monoisotopic (exact) mass is 458 g/mol. The van der Waals surface area contributed by atoms with E-state index in [0.717, 1.165) is 11.8 Å². The van der Waals surface area contributed by atoms with Crippen LogP contribution in [0, 0.1) is 12.7 Å². The van der Waals surface area contributed by atoms with Crippen molar-refractivity contribution >= 4 is 40.0 Å². The minimum absolute atomic E-state index is 0. The van der Waals surface area contributed by atoms with Crippen LogP contribution in [0.2, 0.25) is 0 Å². The van der Waals surface area contributed by atoms with Crippen molar-refractivity contribution in [3.05, 3.63) is 35.1 Å². The van der Waals surface area contributed by atoms with Crippen LogP contribution in [0.1, 0.15) is 17.5 Å².